The van der Waals surface area contributed by atoms with Crippen molar-refractivity contribution in [3.05, 3.63) is 28.2 Å². The molecule has 10 radical (unpaired) electrons. The lowest BCUT2D eigenvalue weighted by molar-refractivity contribution is 0.0917. The summed E-state index contributed by atoms with van der Waals surface area (Å²) in [5, 5.41) is -0.384. The Morgan fingerprint density at radius 1 is 1.17 bits per heavy atom. The SMILES string of the molecule is [B]C(F)(F)c1cc2cnc(NC3C([B])([B])CN(S(C)(=O)=O)CC3([B])[B])nc2n([C@@H]2CCC[C@H]2C)c1=O. The first-order valence-corrected chi connectivity index (χ1v) is 13.2. The summed E-state index contributed by atoms with van der Waals surface area (Å²) in [4.78, 5) is 21.8. The summed E-state index contributed by atoms with van der Waals surface area (Å²) in [6, 6.07) is -0.484. The zero-order chi connectivity index (χ0) is 26.8. The molecular formula is C20H22B5F2N5O3S. The minimum atomic E-state index is -3.85. The number of nitrogens with one attached hydrogen (secondary N) is 1. The number of fused-ring (bicyclic) bond motifs is 1. The third kappa shape index (κ3) is 4.99. The van der Waals surface area contributed by atoms with E-state index >= 15 is 0 Å². The van der Waals surface area contributed by atoms with E-state index in [9.17, 15) is 22.0 Å². The largest absolute Gasteiger partial charge is 0.353 e. The Labute approximate surface area is 215 Å². The minimum Gasteiger partial charge on any atom is -0.353 e. The molecule has 1 aliphatic heterocycles. The summed E-state index contributed by atoms with van der Waals surface area (Å²) < 4.78 is 54.5. The predicted molar refractivity (Wildman–Crippen MR) is 138 cm³/mol. The molecule has 3 heterocycles. The molecule has 0 bridgehead atoms. The van der Waals surface area contributed by atoms with Crippen LogP contribution in [0, 0.1) is 5.92 Å². The van der Waals surface area contributed by atoms with Gasteiger partial charge in [-0.1, -0.05) is 23.8 Å². The van der Waals surface area contributed by atoms with Crippen LogP contribution in [0.5, 0.6) is 0 Å². The number of halogens is 2. The Balaban J connectivity index is 1.81. The number of nitrogens with zero attached hydrogens (tertiary/aromatic N) is 4. The van der Waals surface area contributed by atoms with Crippen LogP contribution in [0.25, 0.3) is 11.0 Å². The fraction of sp³-hybridized carbons (Fsp3) is 0.650. The molecule has 2 aromatic heterocycles. The van der Waals surface area contributed by atoms with Crippen LogP contribution in [-0.2, 0) is 15.8 Å². The van der Waals surface area contributed by atoms with E-state index in [1.54, 1.807) is 0 Å². The summed E-state index contributed by atoms with van der Waals surface area (Å²) in [5.74, 6) is -3.87. The Kier molecular flexibility index (Phi) is 6.72. The number of piperidine rings is 1. The van der Waals surface area contributed by atoms with Gasteiger partial charge in [-0.2, -0.15) is 4.98 Å². The molecule has 16 heteroatoms. The summed E-state index contributed by atoms with van der Waals surface area (Å²) >= 11 is 0. The average molecular weight is 505 g/mol. The summed E-state index contributed by atoms with van der Waals surface area (Å²) in [5.41, 5.74) is -1.66. The molecule has 0 unspecified atom stereocenters. The molecule has 0 aromatic carbocycles. The molecule has 180 valence electrons. The number of pyridine rings is 1. The van der Waals surface area contributed by atoms with Gasteiger partial charge in [0.05, 0.1) is 43.2 Å². The van der Waals surface area contributed by atoms with Gasteiger partial charge in [0.25, 0.3) is 5.56 Å². The number of hydrogen-bond donors (Lipinski definition) is 1. The Bertz CT molecular complexity index is 1330. The van der Waals surface area contributed by atoms with Gasteiger partial charge < -0.3 is 5.32 Å². The lowest BCUT2D eigenvalue weighted by atomic mass is 9.36. The van der Waals surface area contributed by atoms with Gasteiger partial charge in [0.2, 0.25) is 21.8 Å². The van der Waals surface area contributed by atoms with Gasteiger partial charge in [0, 0.05) is 36.8 Å². The van der Waals surface area contributed by atoms with Crippen LogP contribution in [0.1, 0.15) is 37.8 Å². The second kappa shape index (κ2) is 8.89. The van der Waals surface area contributed by atoms with Crippen LogP contribution < -0.4 is 10.9 Å². The highest BCUT2D eigenvalue weighted by Gasteiger charge is 2.47. The van der Waals surface area contributed by atoms with Crippen LogP contribution in [0.3, 0.4) is 0 Å². The molecular weight excluding hydrogens is 482 g/mol. The number of alkyl halides is 2. The number of aromatic nitrogens is 3. The molecule has 8 nitrogen and oxygen atoms in total. The third-order valence-electron chi connectivity index (χ3n) is 7.00. The maximum Gasteiger partial charge on any atom is 0.260 e. The highest BCUT2D eigenvalue weighted by Crippen LogP contribution is 2.44. The average Bonchev–Trinajstić information content (AvgIpc) is 3.13. The summed E-state index contributed by atoms with van der Waals surface area (Å²) in [6.07, 6.45) is 4.51. The van der Waals surface area contributed by atoms with Gasteiger partial charge in [-0.25, -0.2) is 26.5 Å². The molecule has 1 N–H and O–H groups in total. The van der Waals surface area contributed by atoms with E-state index in [1.165, 1.54) is 10.8 Å². The Hall–Kier alpha value is -1.82. The van der Waals surface area contributed by atoms with Gasteiger partial charge in [-0.15, -0.1) is 0 Å². The third-order valence-corrected chi connectivity index (χ3v) is 8.19. The van der Waals surface area contributed by atoms with Gasteiger partial charge in [0.1, 0.15) is 5.65 Å². The zero-order valence-electron chi connectivity index (χ0n) is 20.0. The van der Waals surface area contributed by atoms with E-state index in [2.05, 4.69) is 15.3 Å². The molecule has 2 aromatic rings. The van der Waals surface area contributed by atoms with Crippen LogP contribution in [0.15, 0.2) is 17.1 Å². The monoisotopic (exact) mass is 505 g/mol. The van der Waals surface area contributed by atoms with Gasteiger partial charge in [0.15, 0.2) is 7.85 Å². The molecule has 36 heavy (non-hydrogen) atoms. The summed E-state index contributed by atoms with van der Waals surface area (Å²) in [6.45, 7) is 1.37. The van der Waals surface area contributed by atoms with Crippen LogP contribution in [-0.4, -0.2) is 91.9 Å². The zero-order valence-corrected chi connectivity index (χ0v) is 20.8. The molecule has 0 spiro atoms. The number of sulfonamides is 1. The Morgan fingerprint density at radius 3 is 2.28 bits per heavy atom. The van der Waals surface area contributed by atoms with Gasteiger partial charge in [-0.05, 0) is 24.8 Å². The number of anilines is 1. The van der Waals surface area contributed by atoms with Gasteiger partial charge >= 0.3 is 0 Å². The first kappa shape index (κ1) is 27.2. The highest BCUT2D eigenvalue weighted by atomic mass is 32.2. The van der Waals surface area contributed by atoms with Crippen LogP contribution in [0.4, 0.5) is 14.7 Å². The van der Waals surface area contributed by atoms with E-state index < -0.39 is 43.4 Å². The normalized spacial score (nSPS) is 25.2. The molecule has 4 rings (SSSR count). The second-order valence-corrected chi connectivity index (χ2v) is 12.1. The molecule has 0 amide bonds. The quantitative estimate of drug-likeness (QED) is 0.590. The molecule has 1 saturated heterocycles. The highest BCUT2D eigenvalue weighted by molar-refractivity contribution is 7.88. The van der Waals surface area contributed by atoms with Crippen molar-refractivity contribution in [3.63, 3.8) is 0 Å². The lowest BCUT2D eigenvalue weighted by Crippen LogP contribution is -2.60. The van der Waals surface area contributed by atoms with Crippen LogP contribution >= 0.6 is 0 Å². The maximum absolute atomic E-state index is 14.1. The van der Waals surface area contributed by atoms with Crippen LogP contribution in [0.2, 0.25) is 10.4 Å². The minimum absolute atomic E-state index is 0.0423. The standard InChI is InChI=1S/C20H22B5F2N5O3S/c1-10-4-3-5-13(10)32-14-11(6-12(15(32)33)20(25,26)27)7-28-17(29-14)30-16-18(21,22)8-31(36(2,34)35)9-19(16,23)24/h6-7,10,13,16H,3-5,8-9H2,1-2H3,(H,28,29,30)/t10-,13-/m1/s1. The number of rotatable bonds is 5. The van der Waals surface area contributed by atoms with Crippen molar-refractivity contribution in [1.29, 1.82) is 0 Å². The van der Waals surface area contributed by atoms with E-state index in [0.717, 1.165) is 29.5 Å². The molecule has 1 aliphatic carbocycles. The number of hydrogen-bond acceptors (Lipinski definition) is 6. The maximum atomic E-state index is 14.1. The van der Waals surface area contributed by atoms with Crippen molar-refractivity contribution < 1.29 is 17.2 Å². The molecule has 2 atom stereocenters. The smallest absolute Gasteiger partial charge is 0.260 e. The first-order chi connectivity index (χ1) is 16.4. The second-order valence-electron chi connectivity index (χ2n) is 10.1. The topological polar surface area (TPSA) is 97.2 Å². The van der Waals surface area contributed by atoms with Crippen molar-refractivity contribution >= 4 is 66.2 Å². The first-order valence-electron chi connectivity index (χ1n) is 11.4. The van der Waals surface area contributed by atoms with Crippen molar-refractivity contribution in [2.45, 2.75) is 54.5 Å². The molecule has 2 fully saturated rings. The van der Waals surface area contributed by atoms with Crippen molar-refractivity contribution in [2.75, 3.05) is 24.7 Å². The predicted octanol–water partition coefficient (Wildman–Crippen LogP) is 0.332. The fourth-order valence-corrected chi connectivity index (χ4v) is 6.14. The van der Waals surface area contributed by atoms with Crippen molar-refractivity contribution in [1.82, 2.24) is 18.8 Å². The lowest BCUT2D eigenvalue weighted by Gasteiger charge is -2.54. The van der Waals surface area contributed by atoms with E-state index in [4.69, 9.17) is 39.2 Å². The Morgan fingerprint density at radius 2 is 1.78 bits per heavy atom. The van der Waals surface area contributed by atoms with E-state index in [1.807, 2.05) is 6.92 Å². The molecule has 1 saturated carbocycles. The molecule has 2 aliphatic rings. The van der Waals surface area contributed by atoms with Crippen molar-refractivity contribution in [3.8, 4) is 0 Å². The van der Waals surface area contributed by atoms with E-state index in [0.29, 0.717) is 6.42 Å². The fourth-order valence-electron chi connectivity index (χ4n) is 5.23. The van der Waals surface area contributed by atoms with Crippen molar-refractivity contribution in [2.24, 2.45) is 5.92 Å². The van der Waals surface area contributed by atoms with Gasteiger partial charge in [-0.3, -0.25) is 9.36 Å². The summed E-state index contributed by atoms with van der Waals surface area (Å²) in [7, 11) is 26.2. The van der Waals surface area contributed by atoms with E-state index in [-0.39, 0.29) is 42.0 Å².